The van der Waals surface area contributed by atoms with Crippen LogP contribution in [0.4, 0.5) is 0 Å². The molecule has 0 radical (unpaired) electrons. The van der Waals surface area contributed by atoms with Gasteiger partial charge in [-0.05, 0) is 116 Å². The van der Waals surface area contributed by atoms with Crippen LogP contribution in [-0.2, 0) is 122 Å². The number of benzene rings is 4. The van der Waals surface area contributed by atoms with E-state index in [-0.39, 0.29) is 129 Å². The van der Waals surface area contributed by atoms with E-state index in [1.165, 1.54) is 12.2 Å². The molecule has 594 valence electrons. The Morgan fingerprint density at radius 2 is 0.982 bits per heavy atom. The van der Waals surface area contributed by atoms with E-state index in [1.54, 1.807) is 35.1 Å². The predicted octanol–water partition coefficient (Wildman–Crippen LogP) is 7.86. The largest absolute Gasteiger partial charge is 0.457 e. The molecule has 0 saturated heterocycles. The molecule has 7 amide bonds. The molecule has 5 aliphatic rings. The molecule has 4 aromatic carbocycles. The Kier molecular flexibility index (Phi) is 25.5. The van der Waals surface area contributed by atoms with Crippen LogP contribution in [0.1, 0.15) is 137 Å². The fraction of sp³-hybridized carbons (Fsp3) is 0.369. The number of rotatable bonds is 29. The summed E-state index contributed by atoms with van der Waals surface area (Å²) < 4.78 is 27.5. The van der Waals surface area contributed by atoms with Crippen molar-refractivity contribution >= 4 is 119 Å². The third kappa shape index (κ3) is 17.7. The molecule has 114 heavy (non-hydrogen) atoms. The van der Waals surface area contributed by atoms with Crippen molar-refractivity contribution in [1.82, 2.24) is 50.6 Å². The minimum Gasteiger partial charge on any atom is -0.457 e. The number of ether oxygens (including phenoxy) is 4. The number of nitrogens with zero attached hydrogens (tertiary/aromatic N) is 5. The van der Waals surface area contributed by atoms with Crippen molar-refractivity contribution in [3.63, 3.8) is 0 Å². The van der Waals surface area contributed by atoms with Gasteiger partial charge in [-0.1, -0.05) is 153 Å². The van der Waals surface area contributed by atoms with Crippen LogP contribution in [0.15, 0.2) is 152 Å². The molecule has 13 rings (SSSR count). The Hall–Kier alpha value is -11.4. The van der Waals surface area contributed by atoms with Crippen LogP contribution in [0.3, 0.4) is 0 Å². The Balaban J connectivity index is 0.000000217. The third-order valence-corrected chi connectivity index (χ3v) is 22.1. The van der Waals surface area contributed by atoms with Crippen molar-refractivity contribution in [3.05, 3.63) is 208 Å². The molecule has 9 heterocycles. The van der Waals surface area contributed by atoms with E-state index < -0.39 is 102 Å². The fourth-order valence-corrected chi connectivity index (χ4v) is 15.8. The highest BCUT2D eigenvalue weighted by Crippen LogP contribution is 2.44. The molecular formula is C84H87Br2N11O17. The lowest BCUT2D eigenvalue weighted by molar-refractivity contribution is -0.189. The maximum atomic E-state index is 14.0. The number of carbonyl (C=O) groups is 11. The smallest absolute Gasteiger partial charge is 0.355 e. The first-order chi connectivity index (χ1) is 54.6. The number of imide groups is 1. The van der Waals surface area contributed by atoms with Gasteiger partial charge < -0.3 is 60.4 Å². The highest BCUT2D eigenvalue weighted by Gasteiger charge is 2.52. The summed E-state index contributed by atoms with van der Waals surface area (Å²) in [5.74, 6) is -7.14. The van der Waals surface area contributed by atoms with Gasteiger partial charge in [0.2, 0.25) is 40.7 Å². The van der Waals surface area contributed by atoms with Crippen LogP contribution in [0.25, 0.3) is 44.6 Å². The van der Waals surface area contributed by atoms with E-state index in [2.05, 4.69) is 58.4 Å². The van der Waals surface area contributed by atoms with Crippen LogP contribution in [0.5, 0.6) is 0 Å². The van der Waals surface area contributed by atoms with Gasteiger partial charge in [0.1, 0.15) is 44.4 Å². The molecule has 8 aromatic rings. The maximum Gasteiger partial charge on any atom is 0.355 e. The number of fused-ring (bicyclic) bond motifs is 10. The van der Waals surface area contributed by atoms with Gasteiger partial charge >= 0.3 is 23.9 Å². The summed E-state index contributed by atoms with van der Waals surface area (Å²) in [5.41, 5.74) is 9.10. The zero-order valence-corrected chi connectivity index (χ0v) is 66.9. The normalized spacial score (nSPS) is 17.2. The third-order valence-electron chi connectivity index (χ3n) is 20.8. The molecule has 0 unspecified atom stereocenters. The van der Waals surface area contributed by atoms with Crippen LogP contribution >= 0.6 is 31.9 Å². The highest BCUT2D eigenvalue weighted by molar-refractivity contribution is 9.11. The highest BCUT2D eigenvalue weighted by atomic mass is 79.9. The second kappa shape index (κ2) is 35.3. The van der Waals surface area contributed by atoms with Crippen LogP contribution in [0, 0.1) is 11.8 Å². The van der Waals surface area contributed by atoms with E-state index in [1.807, 2.05) is 137 Å². The van der Waals surface area contributed by atoms with Crippen LogP contribution in [-0.4, -0.2) is 133 Å². The molecular weight excluding hydrogens is 1590 g/mol. The molecule has 7 N–H and O–H groups in total. The molecule has 0 fully saturated rings. The van der Waals surface area contributed by atoms with Crippen LogP contribution in [0.2, 0.25) is 0 Å². The summed E-state index contributed by atoms with van der Waals surface area (Å²) in [6, 6.07) is 32.9. The summed E-state index contributed by atoms with van der Waals surface area (Å²) >= 11 is 7.14. The number of hydrogen-bond acceptors (Lipinski definition) is 20. The average molecular weight is 1680 g/mol. The zero-order valence-electron chi connectivity index (χ0n) is 63.7. The second-order valence-electron chi connectivity index (χ2n) is 29.6. The number of aromatic nitrogens is 4. The van der Waals surface area contributed by atoms with E-state index in [4.69, 9.17) is 34.6 Å². The monoisotopic (exact) mass is 1680 g/mol. The molecule has 6 atom stereocenters. The number of carbonyl (C=O) groups excluding carboxylic acids is 11. The van der Waals surface area contributed by atoms with Gasteiger partial charge in [0.25, 0.3) is 22.9 Å². The van der Waals surface area contributed by atoms with Crippen molar-refractivity contribution in [2.24, 2.45) is 17.6 Å². The topological polar surface area (TPSA) is 384 Å². The number of hydrogen-bond donors (Lipinski definition) is 6. The SMILES string of the molecule is CC[C@@]1(OC(=O)CNC(=O)[C@H](CC(C)C)NC(=O)[C@@H](N)Cc2ccccc2)C(=O)OCc2c1cc1n(c2=O)Cc2cc3c(Br)cccc3nc2-1.CC[C@@]1(OC(=O)CNC(=O)[C@H](CC(C)C)NC(=O)[C@H](Cc2ccccc2)NC(=O)CCCCCN2C(=O)C=CC2=O)C(=O)OCc2c1cc1n(c2=O)Cc2cc3c(Br)cccc3nc2-1. The molecule has 0 spiro atoms. The first kappa shape index (κ1) is 82.1. The lowest BCUT2D eigenvalue weighted by Crippen LogP contribution is -2.55. The summed E-state index contributed by atoms with van der Waals surface area (Å²) in [5, 5.41) is 15.2. The van der Waals surface area contributed by atoms with Crippen molar-refractivity contribution in [1.29, 1.82) is 0 Å². The lowest BCUT2D eigenvalue weighted by atomic mass is 9.85. The van der Waals surface area contributed by atoms with Gasteiger partial charge in [-0.2, -0.15) is 0 Å². The fourth-order valence-electron chi connectivity index (χ4n) is 14.9. The van der Waals surface area contributed by atoms with Crippen molar-refractivity contribution in [2.75, 3.05) is 19.6 Å². The standard InChI is InChI=1S/C47H49BrN6O10.C37H38BrN5O7/c1-4-47(32-23-37-42-29(22-30-33(48)14-11-15-34(30)51-42)25-54(37)45(61)31(32)26-63-46(47)62)64-41(58)24-49-43(59)35(20-27(2)3)52-44(60)36(21-28-12-7-5-8-13-28)50-38(55)16-9-6-10-19-53-39(56)17-18-40(53)57;1-4-37(50-31(44)17-40-34(46)29(13-20(2)3)42-33(45)27(39)14-21-9-6-5-7-10-21)25-16-30-32-22(15-23-26(38)11-8-12-28(23)41-32)18-43(30)35(47)24(25)19-49-36(37)48/h5,7-8,11-15,17-18,22-23,27,35-36H,4,6,9-10,16,19-21,24-26H2,1-3H3,(H,49,59)(H,50,55)(H,52,60);5-12,15-16,20,27,29H,4,13-14,17-19,39H2,1-3H3,(H,40,46)(H,42,45)/t35-,36-,47-;27-,29-,37-/m00/s1. The maximum absolute atomic E-state index is 14.0. The molecule has 0 aliphatic carbocycles. The molecule has 28 nitrogen and oxygen atoms in total. The second-order valence-corrected chi connectivity index (χ2v) is 31.3. The molecule has 0 bridgehead atoms. The van der Waals surface area contributed by atoms with E-state index in [0.29, 0.717) is 54.0 Å². The van der Waals surface area contributed by atoms with Gasteiger partial charge in [-0.3, -0.25) is 57.6 Å². The number of pyridine rings is 4. The van der Waals surface area contributed by atoms with Crippen molar-refractivity contribution in [2.45, 2.75) is 167 Å². The van der Waals surface area contributed by atoms with E-state index in [9.17, 15) is 62.3 Å². The Morgan fingerprint density at radius 3 is 1.43 bits per heavy atom. The van der Waals surface area contributed by atoms with Gasteiger partial charge in [0, 0.05) is 73.5 Å². The van der Waals surface area contributed by atoms with Gasteiger partial charge in [0.15, 0.2) is 0 Å². The zero-order chi connectivity index (χ0) is 81.4. The summed E-state index contributed by atoms with van der Waals surface area (Å²) in [6.07, 6.45) is 4.86. The molecule has 4 aromatic heterocycles. The number of esters is 4. The quantitative estimate of drug-likeness (QED) is 0.0112. The Bertz CT molecular complexity index is 5320. The number of cyclic esters (lactones) is 2. The number of nitrogens with one attached hydrogen (secondary N) is 5. The first-order valence-corrected chi connectivity index (χ1v) is 39.5. The number of amides is 7. The first-order valence-electron chi connectivity index (χ1n) is 37.9. The number of unbranched alkanes of at least 4 members (excludes halogenated alkanes) is 2. The van der Waals surface area contributed by atoms with Gasteiger partial charge in [-0.25, -0.2) is 19.6 Å². The van der Waals surface area contributed by atoms with E-state index >= 15 is 0 Å². The average Bonchev–Trinajstić information content (AvgIpc) is 1.49. The Labute approximate surface area is 672 Å². The van der Waals surface area contributed by atoms with Crippen molar-refractivity contribution in [3.8, 4) is 22.8 Å². The number of halogens is 2. The van der Waals surface area contributed by atoms with E-state index in [0.717, 1.165) is 52.4 Å². The minimum absolute atomic E-state index is 0.0280. The van der Waals surface area contributed by atoms with Crippen LogP contribution < -0.4 is 43.4 Å². The summed E-state index contributed by atoms with van der Waals surface area (Å²) in [7, 11) is 0. The van der Waals surface area contributed by atoms with Gasteiger partial charge in [0.05, 0.1) is 64.1 Å². The summed E-state index contributed by atoms with van der Waals surface area (Å²) in [4.78, 5) is 183. The number of nitrogens with two attached hydrogens (primary N) is 1. The summed E-state index contributed by atoms with van der Waals surface area (Å²) in [6.45, 7) is 9.72. The minimum atomic E-state index is -2.00. The predicted molar refractivity (Wildman–Crippen MR) is 426 cm³/mol. The molecule has 5 aliphatic heterocycles. The molecule has 0 saturated carbocycles. The van der Waals surface area contributed by atoms with Crippen molar-refractivity contribution < 1.29 is 71.7 Å². The van der Waals surface area contributed by atoms with Gasteiger partial charge in [-0.15, -0.1) is 0 Å². The molecule has 30 heteroatoms. The lowest BCUT2D eigenvalue weighted by Gasteiger charge is -2.35. The Morgan fingerprint density at radius 1 is 0.535 bits per heavy atom.